The van der Waals surface area contributed by atoms with Gasteiger partial charge >= 0.3 is 0 Å². The summed E-state index contributed by atoms with van der Waals surface area (Å²) in [6.07, 6.45) is 6.23. The molecule has 3 aliphatic rings. The van der Waals surface area contributed by atoms with E-state index in [1.54, 1.807) is 0 Å². The lowest BCUT2D eigenvalue weighted by Gasteiger charge is -2.51. The van der Waals surface area contributed by atoms with E-state index >= 15 is 0 Å². The van der Waals surface area contributed by atoms with E-state index in [-0.39, 0.29) is 12.2 Å². The lowest BCUT2D eigenvalue weighted by Crippen LogP contribution is -2.67. The summed E-state index contributed by atoms with van der Waals surface area (Å²) in [6.45, 7) is 3.83. The summed E-state index contributed by atoms with van der Waals surface area (Å²) in [5, 5.41) is 13.6. The molecule has 2 atom stereocenters. The molecule has 3 fully saturated rings. The second-order valence-electron chi connectivity index (χ2n) is 7.18. The van der Waals surface area contributed by atoms with Crippen LogP contribution in [0.3, 0.4) is 0 Å². The first-order chi connectivity index (χ1) is 12.8. The van der Waals surface area contributed by atoms with Gasteiger partial charge in [0.25, 0.3) is 0 Å². The van der Waals surface area contributed by atoms with Crippen molar-refractivity contribution in [1.29, 1.82) is 5.26 Å². The van der Waals surface area contributed by atoms with Crippen molar-refractivity contribution in [3.8, 4) is 6.07 Å². The maximum atomic E-state index is 9.34. The first-order valence-corrected chi connectivity index (χ1v) is 10.4. The molecular weight excluding hydrogens is 348 g/mol. The Morgan fingerprint density at radius 3 is 2.92 bits per heavy atom. The third kappa shape index (κ3) is 3.74. The molecule has 0 bridgehead atoms. The van der Waals surface area contributed by atoms with Gasteiger partial charge in [-0.15, -0.1) is 16.9 Å². The smallest absolute Gasteiger partial charge is 0.131 e. The van der Waals surface area contributed by atoms with Gasteiger partial charge in [0.2, 0.25) is 0 Å². The molecule has 0 aliphatic carbocycles. The molecule has 3 aliphatic heterocycles. The van der Waals surface area contributed by atoms with Crippen molar-refractivity contribution in [2.45, 2.75) is 37.6 Å². The predicted octanol–water partition coefficient (Wildman–Crippen LogP) is 1.36. The first kappa shape index (κ1) is 18.2. The Labute approximate surface area is 159 Å². The molecule has 1 aromatic heterocycles. The SMILES string of the molecule is CN(C1CCN(Cc2cccnc2)CC1)N1OCC1N1CSCC1C#N. The molecule has 26 heavy (non-hydrogen) atoms. The number of piperidine rings is 1. The summed E-state index contributed by atoms with van der Waals surface area (Å²) < 4.78 is 0. The van der Waals surface area contributed by atoms with Gasteiger partial charge in [-0.1, -0.05) is 6.07 Å². The third-order valence-corrected chi connectivity index (χ3v) is 6.62. The summed E-state index contributed by atoms with van der Waals surface area (Å²) in [5.41, 5.74) is 1.28. The van der Waals surface area contributed by atoms with Gasteiger partial charge in [0.05, 0.1) is 6.07 Å². The molecule has 0 radical (unpaired) electrons. The average molecular weight is 375 g/mol. The Bertz CT molecular complexity index is 632. The maximum Gasteiger partial charge on any atom is 0.131 e. The van der Waals surface area contributed by atoms with E-state index in [9.17, 15) is 5.26 Å². The monoisotopic (exact) mass is 374 g/mol. The van der Waals surface area contributed by atoms with E-state index in [1.165, 1.54) is 5.56 Å². The van der Waals surface area contributed by atoms with E-state index in [0.29, 0.717) is 12.6 Å². The summed E-state index contributed by atoms with van der Waals surface area (Å²) >= 11 is 1.83. The Morgan fingerprint density at radius 1 is 1.42 bits per heavy atom. The minimum absolute atomic E-state index is 0.00568. The molecule has 0 aromatic carbocycles. The van der Waals surface area contributed by atoms with Gasteiger partial charge in [-0.3, -0.25) is 19.6 Å². The molecule has 1 aromatic rings. The molecule has 4 rings (SSSR count). The van der Waals surface area contributed by atoms with E-state index in [4.69, 9.17) is 4.84 Å². The first-order valence-electron chi connectivity index (χ1n) is 9.25. The molecule has 0 N–H and O–H groups in total. The minimum atomic E-state index is 0.00568. The summed E-state index contributed by atoms with van der Waals surface area (Å²) in [4.78, 5) is 14.7. The van der Waals surface area contributed by atoms with Crippen LogP contribution in [0.25, 0.3) is 0 Å². The minimum Gasteiger partial charge on any atom is -0.299 e. The van der Waals surface area contributed by atoms with E-state index in [2.05, 4.69) is 39.0 Å². The van der Waals surface area contributed by atoms with E-state index in [0.717, 1.165) is 44.1 Å². The number of nitrogens with zero attached hydrogens (tertiary/aromatic N) is 6. The molecule has 7 nitrogen and oxygen atoms in total. The van der Waals surface area contributed by atoms with Crippen LogP contribution in [0.1, 0.15) is 18.4 Å². The van der Waals surface area contributed by atoms with Crippen molar-refractivity contribution >= 4 is 11.8 Å². The number of pyridine rings is 1. The van der Waals surface area contributed by atoms with Crippen LogP contribution in [0.4, 0.5) is 0 Å². The van der Waals surface area contributed by atoms with Crippen LogP contribution in [0, 0.1) is 11.3 Å². The van der Waals surface area contributed by atoms with Gasteiger partial charge in [0.1, 0.15) is 18.8 Å². The number of likely N-dealkylation sites (tertiary alicyclic amines) is 1. The van der Waals surface area contributed by atoms with Crippen LogP contribution in [-0.2, 0) is 11.4 Å². The molecule has 0 saturated carbocycles. The topological polar surface area (TPSA) is 58.9 Å². The largest absolute Gasteiger partial charge is 0.299 e. The third-order valence-electron chi connectivity index (χ3n) is 5.58. The Hall–Kier alpha value is -1.21. The predicted molar refractivity (Wildman–Crippen MR) is 100 cm³/mol. The lowest BCUT2D eigenvalue weighted by molar-refractivity contribution is -0.419. The molecule has 2 unspecified atom stereocenters. The zero-order chi connectivity index (χ0) is 17.9. The van der Waals surface area contributed by atoms with Gasteiger partial charge in [-0.25, -0.2) is 5.01 Å². The summed E-state index contributed by atoms with van der Waals surface area (Å²) in [5.74, 6) is 1.82. The van der Waals surface area contributed by atoms with Crippen LogP contribution in [0.5, 0.6) is 0 Å². The summed E-state index contributed by atoms with van der Waals surface area (Å²) in [7, 11) is 2.12. The average Bonchev–Trinajstić information content (AvgIpc) is 3.10. The van der Waals surface area contributed by atoms with Gasteiger partial charge in [-0.2, -0.15) is 5.26 Å². The van der Waals surface area contributed by atoms with Crippen LogP contribution in [0.15, 0.2) is 24.5 Å². The standard InChI is InChI=1S/C18H26N6OS/c1-21(24-18(12-25-24)23-14-26-13-17(23)9-19)16-4-7-22(8-5-16)11-15-3-2-6-20-10-15/h2-3,6,10,16-18H,4-5,7-8,11-14H2,1H3. The molecule has 3 saturated heterocycles. The van der Waals surface area contributed by atoms with E-state index < -0.39 is 0 Å². The highest BCUT2D eigenvalue weighted by molar-refractivity contribution is 7.99. The van der Waals surface area contributed by atoms with Crippen LogP contribution in [0.2, 0.25) is 0 Å². The number of hydrogen-bond acceptors (Lipinski definition) is 8. The number of hydroxylamine groups is 1. The van der Waals surface area contributed by atoms with Crippen LogP contribution in [-0.4, -0.2) is 81.6 Å². The van der Waals surface area contributed by atoms with Crippen molar-refractivity contribution < 1.29 is 4.84 Å². The second-order valence-corrected chi connectivity index (χ2v) is 8.18. The second kappa shape index (κ2) is 8.21. The normalized spacial score (nSPS) is 29.0. The maximum absolute atomic E-state index is 9.34. The number of rotatable bonds is 5. The van der Waals surface area contributed by atoms with E-state index in [1.807, 2.05) is 35.4 Å². The van der Waals surface area contributed by atoms with Gasteiger partial charge in [0.15, 0.2) is 0 Å². The zero-order valence-electron chi connectivity index (χ0n) is 15.2. The molecule has 140 valence electrons. The highest BCUT2D eigenvalue weighted by atomic mass is 32.2. The van der Waals surface area contributed by atoms with Gasteiger partial charge < -0.3 is 0 Å². The van der Waals surface area contributed by atoms with Crippen molar-refractivity contribution in [1.82, 2.24) is 25.0 Å². The Balaban J connectivity index is 1.28. The van der Waals surface area contributed by atoms with Crippen molar-refractivity contribution in [2.75, 3.05) is 38.4 Å². The highest BCUT2D eigenvalue weighted by Gasteiger charge is 2.44. The van der Waals surface area contributed by atoms with Crippen molar-refractivity contribution in [3.05, 3.63) is 30.1 Å². The molecule has 4 heterocycles. The molecule has 0 amide bonds. The van der Waals surface area contributed by atoms with Crippen molar-refractivity contribution in [2.24, 2.45) is 0 Å². The molecule has 8 heteroatoms. The lowest BCUT2D eigenvalue weighted by atomic mass is 10.0. The fourth-order valence-electron chi connectivity index (χ4n) is 3.95. The molecule has 0 spiro atoms. The highest BCUT2D eigenvalue weighted by Crippen LogP contribution is 2.31. The Kier molecular flexibility index (Phi) is 5.74. The van der Waals surface area contributed by atoms with Gasteiger partial charge in [-0.05, 0) is 24.5 Å². The fraction of sp³-hybridized carbons (Fsp3) is 0.667. The summed E-state index contributed by atoms with van der Waals surface area (Å²) in [6, 6.07) is 7.06. The zero-order valence-corrected chi connectivity index (χ0v) is 16.0. The van der Waals surface area contributed by atoms with Crippen LogP contribution < -0.4 is 0 Å². The van der Waals surface area contributed by atoms with Gasteiger partial charge in [0, 0.05) is 56.7 Å². The number of hydrazine groups is 1. The quantitative estimate of drug-likeness (QED) is 0.766. The number of thioether (sulfide) groups is 1. The number of aromatic nitrogens is 1. The number of nitriles is 1. The van der Waals surface area contributed by atoms with Crippen molar-refractivity contribution in [3.63, 3.8) is 0 Å². The number of hydrogen-bond donors (Lipinski definition) is 0. The fourth-order valence-corrected chi connectivity index (χ4v) is 5.11. The van der Waals surface area contributed by atoms with Crippen LogP contribution >= 0.6 is 11.8 Å². The molecular formula is C18H26N6OS. The Morgan fingerprint density at radius 2 is 2.27 bits per heavy atom.